The van der Waals surface area contributed by atoms with Crippen LogP contribution >= 0.6 is 0 Å². The van der Waals surface area contributed by atoms with Gasteiger partial charge in [-0.15, -0.1) is 0 Å². The highest BCUT2D eigenvalue weighted by atomic mass is 16.6. The Morgan fingerprint density at radius 3 is 1.42 bits per heavy atom. The van der Waals surface area contributed by atoms with E-state index in [0.717, 1.165) is 41.9 Å². The van der Waals surface area contributed by atoms with E-state index in [1.165, 1.54) is 12.8 Å². The maximum Gasteiger partial charge on any atom is 0.310 e. The first kappa shape index (κ1) is 22.6. The van der Waals surface area contributed by atoms with E-state index < -0.39 is 23.0 Å². The molecule has 2 heterocycles. The first-order valence-electron chi connectivity index (χ1n) is 14.7. The fourth-order valence-corrected chi connectivity index (χ4v) is 11.9. The number of carbonyl (C=O) groups is 2. The minimum absolute atomic E-state index is 0.179. The highest BCUT2D eigenvalue weighted by Crippen LogP contribution is 2.78. The van der Waals surface area contributed by atoms with Crippen LogP contribution in [0.2, 0.25) is 0 Å². The Labute approximate surface area is 215 Å². The Bertz CT molecular complexity index is 970. The van der Waals surface area contributed by atoms with Gasteiger partial charge in [0, 0.05) is 0 Å². The summed E-state index contributed by atoms with van der Waals surface area (Å²) < 4.78 is 18.8. The van der Waals surface area contributed by atoms with Crippen molar-refractivity contribution < 1.29 is 23.8 Å². The minimum atomic E-state index is -0.567. The van der Waals surface area contributed by atoms with Crippen molar-refractivity contribution in [2.75, 3.05) is 0 Å². The maximum atomic E-state index is 13.6. The van der Waals surface area contributed by atoms with Crippen LogP contribution in [0.1, 0.15) is 60.8 Å². The molecule has 0 radical (unpaired) electrons. The first-order chi connectivity index (χ1) is 16.9. The van der Waals surface area contributed by atoms with Crippen molar-refractivity contribution in [3.63, 3.8) is 0 Å². The van der Waals surface area contributed by atoms with Crippen molar-refractivity contribution in [3.05, 3.63) is 12.2 Å². The minimum Gasteiger partial charge on any atom is -0.460 e. The molecule has 36 heavy (non-hydrogen) atoms. The molecule has 2 aliphatic heterocycles. The Hall–Kier alpha value is -1.36. The fraction of sp³-hybridized carbons (Fsp3) is 0.871. The van der Waals surface area contributed by atoms with Crippen molar-refractivity contribution in [2.24, 2.45) is 82.9 Å². The third-order valence-corrected chi connectivity index (χ3v) is 12.0. The van der Waals surface area contributed by atoms with E-state index in [1.54, 1.807) is 0 Å². The zero-order valence-corrected chi connectivity index (χ0v) is 22.6. The van der Waals surface area contributed by atoms with Crippen molar-refractivity contribution in [1.29, 1.82) is 0 Å². The van der Waals surface area contributed by atoms with Gasteiger partial charge >= 0.3 is 11.9 Å². The molecular weight excluding hydrogens is 452 g/mol. The molecule has 8 rings (SSSR count). The summed E-state index contributed by atoms with van der Waals surface area (Å²) in [5.74, 6) is 6.30. The van der Waals surface area contributed by atoms with Gasteiger partial charge in [0.2, 0.25) is 0 Å². The summed E-state index contributed by atoms with van der Waals surface area (Å²) in [5.41, 5.74) is -1.13. The number of fused-ring (bicyclic) bond motifs is 23. The molecule has 0 N–H and O–H groups in total. The van der Waals surface area contributed by atoms with Crippen molar-refractivity contribution in [3.8, 4) is 0 Å². The largest absolute Gasteiger partial charge is 0.460 e. The van der Waals surface area contributed by atoms with E-state index in [9.17, 15) is 9.59 Å². The summed E-state index contributed by atoms with van der Waals surface area (Å²) in [6.07, 6.45) is 9.35. The van der Waals surface area contributed by atoms with Crippen LogP contribution in [0.4, 0.5) is 0 Å². The second kappa shape index (κ2) is 6.79. The molecule has 8 bridgehead atoms. The van der Waals surface area contributed by atoms with Gasteiger partial charge in [0.05, 0.1) is 24.0 Å². The van der Waals surface area contributed by atoms with Gasteiger partial charge in [-0.05, 0) is 132 Å². The zero-order valence-electron chi connectivity index (χ0n) is 22.6. The smallest absolute Gasteiger partial charge is 0.310 e. The second-order valence-electron chi connectivity index (χ2n) is 15.7. The van der Waals surface area contributed by atoms with Crippen LogP contribution < -0.4 is 0 Å². The SMILES string of the molecule is CC(C)(C)OC(=O)C1C2CC(C1C(=O)OC(C)(C)C)C1C3OC(C21)C1C2CC(C4C5C=CC(C5)C24)C31. The van der Waals surface area contributed by atoms with E-state index >= 15 is 0 Å². The number of hydrogen-bond acceptors (Lipinski definition) is 5. The molecule has 6 aliphatic carbocycles. The molecule has 0 aromatic heterocycles. The average Bonchev–Trinajstić information content (AvgIpc) is 3.57. The number of allylic oxidation sites excluding steroid dienone is 2. The summed E-state index contributed by atoms with van der Waals surface area (Å²) in [7, 11) is 0. The topological polar surface area (TPSA) is 61.8 Å². The molecule has 196 valence electrons. The Morgan fingerprint density at radius 1 is 0.611 bits per heavy atom. The van der Waals surface area contributed by atoms with Crippen LogP contribution in [0, 0.1) is 82.9 Å². The number of carbonyl (C=O) groups excluding carboxylic acids is 2. The standard InChI is InChI=1S/C31H42O5/c1-30(2,3)35-28(32)24-16-11-17(25(24)29(33)36-31(4,5)6)23-22(16)26-20-14-10-15(21(20)27(23)34-26)19-13-8-7-12(9-13)18(14)19/h7-8,12-27H,9-11H2,1-6H3. The maximum absolute atomic E-state index is 13.6. The molecule has 0 aromatic rings. The summed E-state index contributed by atoms with van der Waals surface area (Å²) >= 11 is 0. The van der Waals surface area contributed by atoms with Crippen molar-refractivity contribution in [2.45, 2.75) is 84.2 Å². The van der Waals surface area contributed by atoms with Crippen LogP contribution in [0.3, 0.4) is 0 Å². The molecule has 5 saturated carbocycles. The number of rotatable bonds is 2. The molecule has 8 aliphatic rings. The lowest BCUT2D eigenvalue weighted by Gasteiger charge is -2.49. The van der Waals surface area contributed by atoms with Crippen LogP contribution in [0.15, 0.2) is 12.2 Å². The molecule has 0 amide bonds. The molecule has 5 nitrogen and oxygen atoms in total. The third-order valence-electron chi connectivity index (χ3n) is 12.0. The van der Waals surface area contributed by atoms with Crippen LogP contribution in [0.25, 0.3) is 0 Å². The number of esters is 2. The summed E-state index contributed by atoms with van der Waals surface area (Å²) in [6.45, 7) is 11.5. The predicted octanol–water partition coefficient (Wildman–Crippen LogP) is 4.89. The fourth-order valence-electron chi connectivity index (χ4n) is 11.9. The van der Waals surface area contributed by atoms with E-state index in [0.29, 0.717) is 23.7 Å². The lowest BCUT2D eigenvalue weighted by molar-refractivity contribution is -0.179. The molecule has 16 atom stereocenters. The highest BCUT2D eigenvalue weighted by molar-refractivity contribution is 5.84. The zero-order chi connectivity index (χ0) is 25.0. The van der Waals surface area contributed by atoms with Crippen molar-refractivity contribution in [1.82, 2.24) is 0 Å². The summed E-state index contributed by atoms with van der Waals surface area (Å²) in [6, 6.07) is 0. The monoisotopic (exact) mass is 494 g/mol. The molecule has 5 heteroatoms. The van der Waals surface area contributed by atoms with Gasteiger partial charge in [0.15, 0.2) is 0 Å². The number of ether oxygens (including phenoxy) is 3. The summed E-state index contributed by atoms with van der Waals surface area (Å²) in [4.78, 5) is 27.3. The average molecular weight is 495 g/mol. The van der Waals surface area contributed by atoms with Crippen LogP contribution in [-0.2, 0) is 23.8 Å². The molecular formula is C31H42O5. The Kier molecular flexibility index (Phi) is 4.27. The van der Waals surface area contributed by atoms with E-state index in [4.69, 9.17) is 14.2 Å². The lowest BCUT2D eigenvalue weighted by Crippen LogP contribution is -2.54. The molecule has 2 saturated heterocycles. The lowest BCUT2D eigenvalue weighted by atomic mass is 9.53. The van der Waals surface area contributed by atoms with Gasteiger partial charge in [0.1, 0.15) is 11.2 Å². The van der Waals surface area contributed by atoms with Gasteiger partial charge in [-0.3, -0.25) is 9.59 Å². The van der Waals surface area contributed by atoms with E-state index in [-0.39, 0.29) is 36.0 Å². The molecule has 0 spiro atoms. The third kappa shape index (κ3) is 2.72. The highest BCUT2D eigenvalue weighted by Gasteiger charge is 2.79. The normalized spacial score (nSPS) is 56.3. The molecule has 7 fully saturated rings. The van der Waals surface area contributed by atoms with Gasteiger partial charge in [-0.1, -0.05) is 12.2 Å². The van der Waals surface area contributed by atoms with Gasteiger partial charge in [-0.2, -0.15) is 0 Å². The quantitative estimate of drug-likeness (QED) is 0.311. The van der Waals surface area contributed by atoms with E-state index in [2.05, 4.69) is 12.2 Å². The second-order valence-corrected chi connectivity index (χ2v) is 15.7. The van der Waals surface area contributed by atoms with Gasteiger partial charge < -0.3 is 14.2 Å². The number of hydrogen-bond donors (Lipinski definition) is 0. The van der Waals surface area contributed by atoms with Crippen molar-refractivity contribution >= 4 is 11.9 Å². The molecule has 0 aromatic carbocycles. The van der Waals surface area contributed by atoms with Gasteiger partial charge in [-0.25, -0.2) is 0 Å². The Balaban J connectivity index is 1.13. The van der Waals surface area contributed by atoms with Crippen LogP contribution in [-0.4, -0.2) is 35.3 Å². The first-order valence-corrected chi connectivity index (χ1v) is 14.7. The van der Waals surface area contributed by atoms with E-state index in [1.807, 2.05) is 41.5 Å². The van der Waals surface area contributed by atoms with Gasteiger partial charge in [0.25, 0.3) is 0 Å². The Morgan fingerprint density at radius 2 is 1.00 bits per heavy atom. The molecule has 16 unspecified atom stereocenters. The predicted molar refractivity (Wildman–Crippen MR) is 132 cm³/mol. The van der Waals surface area contributed by atoms with Crippen LogP contribution in [0.5, 0.6) is 0 Å². The summed E-state index contributed by atoms with van der Waals surface area (Å²) in [5, 5.41) is 0.